The summed E-state index contributed by atoms with van der Waals surface area (Å²) in [6.45, 7) is 5.15. The Labute approximate surface area is 192 Å². The van der Waals surface area contributed by atoms with Crippen LogP contribution in [0.3, 0.4) is 0 Å². The molecule has 1 aromatic carbocycles. The third-order valence-corrected chi connectivity index (χ3v) is 7.94. The lowest BCUT2D eigenvalue weighted by atomic mass is 9.86. The first-order valence-corrected chi connectivity index (χ1v) is 12.5. The predicted molar refractivity (Wildman–Crippen MR) is 127 cm³/mol. The number of aromatic nitrogens is 1. The van der Waals surface area contributed by atoms with Gasteiger partial charge in [-0.05, 0) is 93.9 Å². The van der Waals surface area contributed by atoms with Gasteiger partial charge in [0.25, 0.3) is 0 Å². The zero-order valence-corrected chi connectivity index (χ0v) is 19.1. The van der Waals surface area contributed by atoms with E-state index in [-0.39, 0.29) is 11.8 Å². The second-order valence-electron chi connectivity index (χ2n) is 9.82. The fourth-order valence-corrected chi connectivity index (χ4v) is 5.97. The van der Waals surface area contributed by atoms with E-state index in [1.807, 2.05) is 18.3 Å². The minimum Gasteiger partial charge on any atom is -0.352 e. The third kappa shape index (κ3) is 5.05. The first-order chi connectivity index (χ1) is 15.8. The minimum atomic E-state index is 0.158. The number of hydrogen-bond donors (Lipinski definition) is 1. The Morgan fingerprint density at radius 3 is 2.34 bits per heavy atom. The van der Waals surface area contributed by atoms with Gasteiger partial charge in [-0.1, -0.05) is 30.3 Å². The van der Waals surface area contributed by atoms with Crippen molar-refractivity contribution in [3.05, 3.63) is 65.5 Å². The number of carbonyl (C=O) groups excluding carboxylic acids is 1. The molecule has 5 rings (SSSR count). The van der Waals surface area contributed by atoms with Gasteiger partial charge < -0.3 is 10.2 Å². The molecule has 0 bridgehead atoms. The molecule has 0 radical (unpaired) electrons. The van der Waals surface area contributed by atoms with Crippen molar-refractivity contribution in [2.24, 2.45) is 5.92 Å². The number of aryl methyl sites for hydroxylation is 1. The largest absolute Gasteiger partial charge is 0.352 e. The van der Waals surface area contributed by atoms with Crippen LogP contribution < -0.4 is 5.32 Å². The Kier molecular flexibility index (Phi) is 6.84. The number of amides is 1. The van der Waals surface area contributed by atoms with Crippen LogP contribution in [-0.4, -0.2) is 59.0 Å². The van der Waals surface area contributed by atoms with Crippen LogP contribution in [0.25, 0.3) is 0 Å². The summed E-state index contributed by atoms with van der Waals surface area (Å²) in [5.41, 5.74) is 4.19. The highest BCUT2D eigenvalue weighted by molar-refractivity contribution is 5.78. The van der Waals surface area contributed by atoms with Crippen molar-refractivity contribution in [1.29, 1.82) is 0 Å². The summed E-state index contributed by atoms with van der Waals surface area (Å²) in [5, 5.41) is 3.11. The quantitative estimate of drug-likeness (QED) is 0.786. The number of piperidine rings is 2. The molecule has 32 heavy (non-hydrogen) atoms. The van der Waals surface area contributed by atoms with Crippen LogP contribution in [0.1, 0.15) is 48.8 Å². The molecule has 2 fully saturated rings. The first kappa shape index (κ1) is 21.6. The number of nitrogens with zero attached hydrogens (tertiary/aromatic N) is 3. The van der Waals surface area contributed by atoms with Gasteiger partial charge in [0, 0.05) is 36.9 Å². The summed E-state index contributed by atoms with van der Waals surface area (Å²) in [6, 6.07) is 14.3. The zero-order valence-electron chi connectivity index (χ0n) is 19.1. The molecule has 0 spiro atoms. The van der Waals surface area contributed by atoms with Crippen molar-refractivity contribution in [2.45, 2.75) is 63.6 Å². The lowest BCUT2D eigenvalue weighted by molar-refractivity contribution is -0.126. The summed E-state index contributed by atoms with van der Waals surface area (Å²) in [5.74, 6) is 0.367. The van der Waals surface area contributed by atoms with Crippen LogP contribution >= 0.6 is 0 Å². The maximum absolute atomic E-state index is 12.6. The molecule has 1 aromatic heterocycles. The molecule has 5 nitrogen and oxygen atoms in total. The molecule has 1 unspecified atom stereocenters. The average Bonchev–Trinajstić information content (AvgIpc) is 2.88. The van der Waals surface area contributed by atoms with Gasteiger partial charge in [-0.3, -0.25) is 14.7 Å². The summed E-state index contributed by atoms with van der Waals surface area (Å²) in [4.78, 5) is 22.1. The molecule has 2 aliphatic heterocycles. The molecule has 3 aliphatic rings. The topological polar surface area (TPSA) is 48.5 Å². The van der Waals surface area contributed by atoms with Gasteiger partial charge in [0.2, 0.25) is 5.91 Å². The Balaban J connectivity index is 1.04. The number of rotatable bonds is 5. The van der Waals surface area contributed by atoms with Gasteiger partial charge in [0.1, 0.15) is 0 Å². The van der Waals surface area contributed by atoms with E-state index >= 15 is 0 Å². The summed E-state index contributed by atoms with van der Waals surface area (Å²) >= 11 is 0. The van der Waals surface area contributed by atoms with Crippen LogP contribution in [0, 0.1) is 5.92 Å². The van der Waals surface area contributed by atoms with E-state index in [1.165, 1.54) is 45.2 Å². The number of hydrogen-bond acceptors (Lipinski definition) is 4. The fourth-order valence-electron chi connectivity index (χ4n) is 5.97. The van der Waals surface area contributed by atoms with E-state index in [0.717, 1.165) is 37.5 Å². The zero-order chi connectivity index (χ0) is 21.8. The van der Waals surface area contributed by atoms with Gasteiger partial charge in [-0.15, -0.1) is 0 Å². The van der Waals surface area contributed by atoms with Gasteiger partial charge in [0.15, 0.2) is 0 Å². The van der Waals surface area contributed by atoms with Gasteiger partial charge in [-0.2, -0.15) is 0 Å². The minimum absolute atomic E-state index is 0.158. The second kappa shape index (κ2) is 10.1. The van der Waals surface area contributed by atoms with Crippen LogP contribution in [0.15, 0.2) is 48.8 Å². The standard InChI is InChI=1S/C27H36N4O/c32-27(29-20-21-4-3-13-28-19-21)23-9-14-30(15-10-23)25-11-16-31(17-12-25)26-8-7-22-5-1-2-6-24(22)18-26/h1-6,13,19,23,25-26H,7-12,14-18,20H2,(H,29,32). The number of carbonyl (C=O) groups is 1. The second-order valence-corrected chi connectivity index (χ2v) is 9.82. The van der Waals surface area contributed by atoms with Crippen molar-refractivity contribution in [1.82, 2.24) is 20.1 Å². The Morgan fingerprint density at radius 2 is 1.59 bits per heavy atom. The number of likely N-dealkylation sites (tertiary alicyclic amines) is 2. The van der Waals surface area contributed by atoms with Crippen molar-refractivity contribution in [3.63, 3.8) is 0 Å². The number of fused-ring (bicyclic) bond motifs is 1. The molecule has 1 amide bonds. The third-order valence-electron chi connectivity index (χ3n) is 7.94. The van der Waals surface area contributed by atoms with Gasteiger partial charge in [0.05, 0.1) is 0 Å². The molecule has 3 heterocycles. The Bertz CT molecular complexity index is 886. The van der Waals surface area contributed by atoms with Crippen LogP contribution in [0.2, 0.25) is 0 Å². The van der Waals surface area contributed by atoms with Crippen molar-refractivity contribution < 1.29 is 4.79 Å². The van der Waals surface area contributed by atoms with Crippen molar-refractivity contribution in [2.75, 3.05) is 26.2 Å². The van der Waals surface area contributed by atoms with Crippen LogP contribution in [0.5, 0.6) is 0 Å². The van der Waals surface area contributed by atoms with E-state index in [4.69, 9.17) is 0 Å². The summed E-state index contributed by atoms with van der Waals surface area (Å²) in [7, 11) is 0. The number of benzene rings is 1. The average molecular weight is 433 g/mol. The van der Waals surface area contributed by atoms with E-state index in [0.29, 0.717) is 12.6 Å². The molecular weight excluding hydrogens is 396 g/mol. The monoisotopic (exact) mass is 432 g/mol. The first-order valence-electron chi connectivity index (χ1n) is 12.5. The molecule has 170 valence electrons. The Morgan fingerprint density at radius 1 is 0.875 bits per heavy atom. The normalized spacial score (nSPS) is 23.6. The van der Waals surface area contributed by atoms with Gasteiger partial charge in [-0.25, -0.2) is 0 Å². The SMILES string of the molecule is O=C(NCc1cccnc1)C1CCN(C2CCN(C3CCc4ccccc4C3)CC2)CC1. The Hall–Kier alpha value is -2.24. The molecule has 1 N–H and O–H groups in total. The lowest BCUT2D eigenvalue weighted by Gasteiger charge is -2.44. The van der Waals surface area contributed by atoms with Crippen molar-refractivity contribution in [3.8, 4) is 0 Å². The number of pyridine rings is 1. The predicted octanol–water partition coefficient (Wildman–Crippen LogP) is 3.43. The maximum atomic E-state index is 12.6. The highest BCUT2D eigenvalue weighted by atomic mass is 16.1. The fraction of sp³-hybridized carbons (Fsp3) is 0.556. The van der Waals surface area contributed by atoms with Crippen molar-refractivity contribution >= 4 is 5.91 Å². The number of nitrogens with one attached hydrogen (secondary N) is 1. The molecule has 2 saturated heterocycles. The smallest absolute Gasteiger partial charge is 0.223 e. The van der Waals surface area contributed by atoms with E-state index in [1.54, 1.807) is 17.3 Å². The highest BCUT2D eigenvalue weighted by Crippen LogP contribution is 2.29. The van der Waals surface area contributed by atoms with E-state index in [2.05, 4.69) is 44.4 Å². The van der Waals surface area contributed by atoms with Crippen LogP contribution in [-0.2, 0) is 24.2 Å². The summed E-state index contributed by atoms with van der Waals surface area (Å²) < 4.78 is 0. The highest BCUT2D eigenvalue weighted by Gasteiger charge is 2.33. The van der Waals surface area contributed by atoms with E-state index in [9.17, 15) is 4.79 Å². The lowest BCUT2D eigenvalue weighted by Crippen LogP contribution is -2.51. The molecular formula is C27H36N4O. The molecule has 2 aromatic rings. The molecule has 0 saturated carbocycles. The van der Waals surface area contributed by atoms with Gasteiger partial charge >= 0.3 is 0 Å². The molecule has 1 atom stereocenters. The summed E-state index contributed by atoms with van der Waals surface area (Å²) in [6.07, 6.45) is 11.9. The molecule has 1 aliphatic carbocycles. The maximum Gasteiger partial charge on any atom is 0.223 e. The molecule has 5 heteroatoms. The van der Waals surface area contributed by atoms with Crippen LogP contribution in [0.4, 0.5) is 0 Å². The van der Waals surface area contributed by atoms with E-state index < -0.39 is 0 Å².